The number of aliphatic hydroxyl groups is 1. The van der Waals surface area contributed by atoms with Crippen molar-refractivity contribution in [3.05, 3.63) is 59.9 Å². The summed E-state index contributed by atoms with van der Waals surface area (Å²) in [6.07, 6.45) is 4.44. The minimum Gasteiger partial charge on any atom is -0.491 e. The molecule has 0 saturated heterocycles. The van der Waals surface area contributed by atoms with Crippen LogP contribution in [0.5, 0.6) is 5.75 Å². The van der Waals surface area contributed by atoms with Gasteiger partial charge in [-0.3, -0.25) is 4.98 Å². The molecule has 3 heteroatoms. The number of para-hydroxylation sites is 1. The van der Waals surface area contributed by atoms with E-state index in [-0.39, 0.29) is 5.92 Å². The number of nitrogens with zero attached hydrogens (tertiary/aromatic N) is 1. The molecule has 1 aliphatic carbocycles. The summed E-state index contributed by atoms with van der Waals surface area (Å²) in [5.41, 5.74) is 2.31. The first-order valence-electron chi connectivity index (χ1n) is 7.14. The van der Waals surface area contributed by atoms with Gasteiger partial charge in [-0.05, 0) is 43.0 Å². The Morgan fingerprint density at radius 1 is 1.20 bits per heavy atom. The van der Waals surface area contributed by atoms with E-state index in [9.17, 15) is 5.11 Å². The van der Waals surface area contributed by atoms with Crippen molar-refractivity contribution in [2.75, 3.05) is 6.61 Å². The zero-order valence-electron chi connectivity index (χ0n) is 11.4. The number of aliphatic hydroxyl groups excluding tert-OH is 1. The molecule has 1 aromatic carbocycles. The Bertz CT molecular complexity index is 556. The summed E-state index contributed by atoms with van der Waals surface area (Å²) in [5.74, 6) is 0.882. The Labute approximate surface area is 119 Å². The number of hydrogen-bond donors (Lipinski definition) is 1. The number of ether oxygens (including phenoxy) is 1. The van der Waals surface area contributed by atoms with Gasteiger partial charge in [-0.15, -0.1) is 0 Å². The average Bonchev–Trinajstić information content (AvgIpc) is 2.53. The molecule has 0 fully saturated rings. The van der Waals surface area contributed by atoms with E-state index in [1.165, 1.54) is 5.56 Å². The molecule has 1 heterocycles. The van der Waals surface area contributed by atoms with Crippen LogP contribution >= 0.6 is 0 Å². The number of aromatic nitrogens is 1. The Kier molecular flexibility index (Phi) is 3.97. The van der Waals surface area contributed by atoms with Crippen LogP contribution in [0.15, 0.2) is 48.7 Å². The molecular weight excluding hydrogens is 250 g/mol. The van der Waals surface area contributed by atoms with Crippen LogP contribution in [0, 0.1) is 0 Å². The molecule has 0 aliphatic heterocycles. The van der Waals surface area contributed by atoms with Gasteiger partial charge in [-0.2, -0.15) is 0 Å². The summed E-state index contributed by atoms with van der Waals surface area (Å²) in [5, 5.41) is 10.4. The number of benzene rings is 1. The molecule has 2 atom stereocenters. The van der Waals surface area contributed by atoms with Crippen LogP contribution < -0.4 is 4.74 Å². The zero-order valence-corrected chi connectivity index (χ0v) is 11.4. The molecule has 1 aromatic heterocycles. The topological polar surface area (TPSA) is 42.4 Å². The van der Waals surface area contributed by atoms with Crippen molar-refractivity contribution in [2.24, 2.45) is 0 Å². The first-order chi connectivity index (χ1) is 9.84. The summed E-state index contributed by atoms with van der Waals surface area (Å²) >= 11 is 0. The number of fused-ring (bicyclic) bond motifs is 1. The molecule has 3 nitrogen and oxygen atoms in total. The van der Waals surface area contributed by atoms with Crippen LogP contribution in [0.2, 0.25) is 0 Å². The van der Waals surface area contributed by atoms with Crippen LogP contribution in [0.4, 0.5) is 0 Å². The molecule has 0 amide bonds. The molecule has 0 spiro atoms. The molecule has 20 heavy (non-hydrogen) atoms. The van der Waals surface area contributed by atoms with E-state index in [0.717, 1.165) is 30.7 Å². The second kappa shape index (κ2) is 6.06. The maximum Gasteiger partial charge on any atom is 0.119 e. The third-order valence-electron chi connectivity index (χ3n) is 3.87. The van der Waals surface area contributed by atoms with Gasteiger partial charge in [0.25, 0.3) is 0 Å². The van der Waals surface area contributed by atoms with Crippen molar-refractivity contribution in [3.8, 4) is 5.75 Å². The van der Waals surface area contributed by atoms with Gasteiger partial charge in [0.2, 0.25) is 0 Å². The molecule has 2 aromatic rings. The Morgan fingerprint density at radius 3 is 2.90 bits per heavy atom. The van der Waals surface area contributed by atoms with Crippen molar-refractivity contribution < 1.29 is 9.84 Å². The lowest BCUT2D eigenvalue weighted by atomic mass is 9.83. The third-order valence-corrected chi connectivity index (χ3v) is 3.87. The van der Waals surface area contributed by atoms with Crippen molar-refractivity contribution in [3.63, 3.8) is 0 Å². The van der Waals surface area contributed by atoms with Gasteiger partial charge in [0, 0.05) is 17.8 Å². The fourth-order valence-corrected chi connectivity index (χ4v) is 2.83. The quantitative estimate of drug-likeness (QED) is 0.928. The van der Waals surface area contributed by atoms with Crippen molar-refractivity contribution >= 4 is 0 Å². The van der Waals surface area contributed by atoms with Gasteiger partial charge in [-0.25, -0.2) is 0 Å². The van der Waals surface area contributed by atoms with Gasteiger partial charge in [0.15, 0.2) is 0 Å². The molecular formula is C17H19NO2. The van der Waals surface area contributed by atoms with Gasteiger partial charge >= 0.3 is 0 Å². The number of aryl methyl sites for hydroxylation is 1. The molecule has 3 rings (SSSR count). The second-order valence-corrected chi connectivity index (χ2v) is 5.24. The normalized spacial score (nSPS) is 19.1. The number of pyridine rings is 1. The average molecular weight is 269 g/mol. The third kappa shape index (κ3) is 2.83. The van der Waals surface area contributed by atoms with Crippen LogP contribution in [-0.4, -0.2) is 22.8 Å². The Morgan fingerprint density at radius 2 is 2.05 bits per heavy atom. The SMILES string of the molecule is OC(COc1ccccc1)C1CCCc2cccnc21. The predicted octanol–water partition coefficient (Wildman–Crippen LogP) is 2.94. The first kappa shape index (κ1) is 13.1. The van der Waals surface area contributed by atoms with E-state index in [0.29, 0.717) is 6.61 Å². The van der Waals surface area contributed by atoms with E-state index in [2.05, 4.69) is 11.1 Å². The number of hydrogen-bond acceptors (Lipinski definition) is 3. The zero-order chi connectivity index (χ0) is 13.8. The van der Waals surface area contributed by atoms with E-state index in [1.54, 1.807) is 0 Å². The van der Waals surface area contributed by atoms with Gasteiger partial charge in [0.05, 0.1) is 6.10 Å². The lowest BCUT2D eigenvalue weighted by molar-refractivity contribution is 0.0767. The minimum absolute atomic E-state index is 0.0867. The summed E-state index contributed by atoms with van der Waals surface area (Å²) in [6.45, 7) is 0.310. The standard InChI is InChI=1S/C17H19NO2/c19-16(12-20-14-8-2-1-3-9-14)15-10-4-6-13-7-5-11-18-17(13)15/h1-3,5,7-9,11,15-16,19H,4,6,10,12H2. The fraction of sp³-hybridized carbons (Fsp3) is 0.353. The van der Waals surface area contributed by atoms with E-state index in [4.69, 9.17) is 4.74 Å². The molecule has 0 saturated carbocycles. The second-order valence-electron chi connectivity index (χ2n) is 5.24. The molecule has 1 N–H and O–H groups in total. The van der Waals surface area contributed by atoms with Gasteiger partial charge in [-0.1, -0.05) is 24.3 Å². The van der Waals surface area contributed by atoms with Crippen LogP contribution in [0.3, 0.4) is 0 Å². The predicted molar refractivity (Wildman–Crippen MR) is 77.9 cm³/mol. The maximum absolute atomic E-state index is 10.4. The van der Waals surface area contributed by atoms with Gasteiger partial charge in [0.1, 0.15) is 12.4 Å². The van der Waals surface area contributed by atoms with Crippen LogP contribution in [-0.2, 0) is 6.42 Å². The monoisotopic (exact) mass is 269 g/mol. The molecule has 1 aliphatic rings. The highest BCUT2D eigenvalue weighted by Gasteiger charge is 2.28. The molecule has 2 unspecified atom stereocenters. The lowest BCUT2D eigenvalue weighted by Gasteiger charge is -2.28. The summed E-state index contributed by atoms with van der Waals surface area (Å²) in [6, 6.07) is 13.7. The van der Waals surface area contributed by atoms with Gasteiger partial charge < -0.3 is 9.84 Å². The highest BCUT2D eigenvalue weighted by molar-refractivity contribution is 5.27. The fourth-order valence-electron chi connectivity index (χ4n) is 2.83. The summed E-state index contributed by atoms with van der Waals surface area (Å²) in [7, 11) is 0. The Balaban J connectivity index is 1.67. The lowest BCUT2D eigenvalue weighted by Crippen LogP contribution is -2.29. The van der Waals surface area contributed by atoms with E-state index >= 15 is 0 Å². The van der Waals surface area contributed by atoms with E-state index < -0.39 is 6.10 Å². The largest absolute Gasteiger partial charge is 0.491 e. The van der Waals surface area contributed by atoms with E-state index in [1.807, 2.05) is 42.6 Å². The molecule has 104 valence electrons. The number of rotatable bonds is 4. The summed E-state index contributed by atoms with van der Waals surface area (Å²) in [4.78, 5) is 4.46. The highest BCUT2D eigenvalue weighted by Crippen LogP contribution is 2.32. The van der Waals surface area contributed by atoms with Crippen molar-refractivity contribution in [1.82, 2.24) is 4.98 Å². The summed E-state index contributed by atoms with van der Waals surface area (Å²) < 4.78 is 5.66. The molecule has 0 bridgehead atoms. The van der Waals surface area contributed by atoms with Crippen molar-refractivity contribution in [1.29, 1.82) is 0 Å². The highest BCUT2D eigenvalue weighted by atomic mass is 16.5. The van der Waals surface area contributed by atoms with Crippen LogP contribution in [0.1, 0.15) is 30.0 Å². The first-order valence-corrected chi connectivity index (χ1v) is 7.14. The van der Waals surface area contributed by atoms with Crippen molar-refractivity contribution in [2.45, 2.75) is 31.3 Å². The maximum atomic E-state index is 10.4. The minimum atomic E-state index is -0.510. The Hall–Kier alpha value is -1.87. The van der Waals surface area contributed by atoms with Crippen LogP contribution in [0.25, 0.3) is 0 Å². The molecule has 0 radical (unpaired) electrons. The smallest absolute Gasteiger partial charge is 0.119 e.